The Balaban J connectivity index is 2.23. The van der Waals surface area contributed by atoms with Gasteiger partial charge in [0.1, 0.15) is 9.88 Å². The van der Waals surface area contributed by atoms with Crippen LogP contribution in [-0.4, -0.2) is 39.9 Å². The van der Waals surface area contributed by atoms with Gasteiger partial charge in [0, 0.05) is 0 Å². The van der Waals surface area contributed by atoms with E-state index in [1.807, 2.05) is 17.5 Å². The summed E-state index contributed by atoms with van der Waals surface area (Å²) in [6.07, 6.45) is 0. The zero-order chi connectivity index (χ0) is 14.8. The Bertz CT molecular complexity index is 589. The SMILES string of the molecule is Cc1nc(-c2cccs2)sc1C(=O)NC(C)(CO)CO. The molecule has 0 fully saturated rings. The molecule has 0 saturated carbocycles. The van der Waals surface area contributed by atoms with E-state index in [1.54, 1.807) is 25.2 Å². The highest BCUT2D eigenvalue weighted by Crippen LogP contribution is 2.31. The smallest absolute Gasteiger partial charge is 0.263 e. The Labute approximate surface area is 124 Å². The van der Waals surface area contributed by atoms with E-state index < -0.39 is 5.54 Å². The molecule has 2 aromatic rings. The number of carbonyl (C=O) groups is 1. The van der Waals surface area contributed by atoms with Crippen LogP contribution < -0.4 is 5.32 Å². The second-order valence-corrected chi connectivity index (χ2v) is 6.69. The first-order valence-corrected chi connectivity index (χ1v) is 7.74. The fourth-order valence-corrected chi connectivity index (χ4v) is 3.33. The molecule has 0 radical (unpaired) electrons. The molecule has 1 amide bonds. The van der Waals surface area contributed by atoms with Crippen LogP contribution in [0.5, 0.6) is 0 Å². The van der Waals surface area contributed by atoms with Gasteiger partial charge >= 0.3 is 0 Å². The normalized spacial score (nSPS) is 11.6. The van der Waals surface area contributed by atoms with Crippen molar-refractivity contribution in [3.05, 3.63) is 28.1 Å². The van der Waals surface area contributed by atoms with Gasteiger partial charge in [0.05, 0.1) is 29.3 Å². The highest BCUT2D eigenvalue weighted by molar-refractivity contribution is 7.22. The first-order chi connectivity index (χ1) is 9.49. The largest absolute Gasteiger partial charge is 0.394 e. The highest BCUT2D eigenvalue weighted by atomic mass is 32.1. The van der Waals surface area contributed by atoms with E-state index in [1.165, 1.54) is 11.3 Å². The van der Waals surface area contributed by atoms with Crippen LogP contribution in [0.1, 0.15) is 22.3 Å². The number of amides is 1. The molecule has 0 spiro atoms. The average molecular weight is 312 g/mol. The molecular formula is C13H16N2O3S2. The maximum Gasteiger partial charge on any atom is 0.263 e. The van der Waals surface area contributed by atoms with Gasteiger partial charge < -0.3 is 15.5 Å². The zero-order valence-corrected chi connectivity index (χ0v) is 12.8. The quantitative estimate of drug-likeness (QED) is 0.784. The van der Waals surface area contributed by atoms with Crippen molar-refractivity contribution >= 4 is 28.6 Å². The van der Waals surface area contributed by atoms with Gasteiger partial charge in [-0.25, -0.2) is 4.98 Å². The number of nitrogens with one attached hydrogen (secondary N) is 1. The van der Waals surface area contributed by atoms with Crippen molar-refractivity contribution in [2.75, 3.05) is 13.2 Å². The average Bonchev–Trinajstić information content (AvgIpc) is 3.07. The monoisotopic (exact) mass is 312 g/mol. The van der Waals surface area contributed by atoms with Gasteiger partial charge in [0.25, 0.3) is 5.91 Å². The number of aromatic nitrogens is 1. The minimum absolute atomic E-state index is 0.326. The van der Waals surface area contributed by atoms with Crippen molar-refractivity contribution in [2.24, 2.45) is 0 Å². The summed E-state index contributed by atoms with van der Waals surface area (Å²) in [5, 5.41) is 23.8. The fraction of sp³-hybridized carbons (Fsp3) is 0.385. The summed E-state index contributed by atoms with van der Waals surface area (Å²) < 4.78 is 0. The van der Waals surface area contributed by atoms with Crippen molar-refractivity contribution in [1.29, 1.82) is 0 Å². The number of thiazole rings is 1. The van der Waals surface area contributed by atoms with E-state index in [2.05, 4.69) is 10.3 Å². The van der Waals surface area contributed by atoms with Gasteiger partial charge in [-0.2, -0.15) is 0 Å². The molecule has 0 saturated heterocycles. The summed E-state index contributed by atoms with van der Waals surface area (Å²) in [6.45, 7) is 2.70. The predicted molar refractivity (Wildman–Crippen MR) is 80.2 cm³/mol. The van der Waals surface area contributed by atoms with Gasteiger partial charge in [-0.15, -0.1) is 22.7 Å². The molecule has 0 bridgehead atoms. The van der Waals surface area contributed by atoms with Crippen LogP contribution >= 0.6 is 22.7 Å². The van der Waals surface area contributed by atoms with E-state index in [9.17, 15) is 15.0 Å². The number of aliphatic hydroxyl groups excluding tert-OH is 2. The summed E-state index contributed by atoms with van der Waals surface area (Å²) >= 11 is 2.88. The molecule has 0 aliphatic carbocycles. The van der Waals surface area contributed by atoms with Crippen molar-refractivity contribution in [3.63, 3.8) is 0 Å². The first-order valence-electron chi connectivity index (χ1n) is 6.04. The first kappa shape index (κ1) is 15.1. The topological polar surface area (TPSA) is 82.5 Å². The fourth-order valence-electron chi connectivity index (χ4n) is 1.57. The molecule has 2 heterocycles. The Morgan fingerprint density at radius 1 is 1.45 bits per heavy atom. The lowest BCUT2D eigenvalue weighted by molar-refractivity contribution is 0.0726. The predicted octanol–water partition coefficient (Wildman–Crippen LogP) is 1.65. The van der Waals surface area contributed by atoms with Crippen LogP contribution in [0.15, 0.2) is 17.5 Å². The van der Waals surface area contributed by atoms with Crippen molar-refractivity contribution in [1.82, 2.24) is 10.3 Å². The molecule has 2 aromatic heterocycles. The van der Waals surface area contributed by atoms with Crippen LogP contribution in [-0.2, 0) is 0 Å². The van der Waals surface area contributed by atoms with Crippen LogP contribution in [0.4, 0.5) is 0 Å². The number of hydrogen-bond acceptors (Lipinski definition) is 6. The Hall–Kier alpha value is -1.28. The molecular weight excluding hydrogens is 296 g/mol. The molecule has 5 nitrogen and oxygen atoms in total. The van der Waals surface area contributed by atoms with Gasteiger partial charge in [-0.1, -0.05) is 6.07 Å². The number of hydrogen-bond donors (Lipinski definition) is 3. The summed E-state index contributed by atoms with van der Waals surface area (Å²) in [4.78, 5) is 18.1. The summed E-state index contributed by atoms with van der Waals surface area (Å²) in [6, 6.07) is 3.89. The van der Waals surface area contributed by atoms with Crippen LogP contribution in [0.3, 0.4) is 0 Å². The number of rotatable bonds is 5. The van der Waals surface area contributed by atoms with Crippen LogP contribution in [0.2, 0.25) is 0 Å². The summed E-state index contributed by atoms with van der Waals surface area (Å²) in [5.41, 5.74) is -0.384. The standard InChI is InChI=1S/C13H16N2O3S2/c1-8-10(11(18)15-13(2,6-16)7-17)20-12(14-8)9-4-3-5-19-9/h3-5,16-17H,6-7H2,1-2H3,(H,15,18). The maximum atomic E-state index is 12.2. The van der Waals surface area contributed by atoms with E-state index in [0.717, 1.165) is 9.88 Å². The summed E-state index contributed by atoms with van der Waals surface area (Å²) in [5.74, 6) is -0.326. The van der Waals surface area contributed by atoms with E-state index in [0.29, 0.717) is 10.6 Å². The third kappa shape index (κ3) is 3.06. The molecule has 108 valence electrons. The molecule has 20 heavy (non-hydrogen) atoms. The molecule has 0 unspecified atom stereocenters. The Morgan fingerprint density at radius 2 is 2.15 bits per heavy atom. The van der Waals surface area contributed by atoms with Crippen molar-refractivity contribution in [3.8, 4) is 9.88 Å². The third-order valence-corrected chi connectivity index (χ3v) is 5.04. The third-order valence-electron chi connectivity index (χ3n) is 2.85. The lowest BCUT2D eigenvalue weighted by atomic mass is 10.1. The van der Waals surface area contributed by atoms with Gasteiger partial charge in [0.15, 0.2) is 0 Å². The van der Waals surface area contributed by atoms with Crippen molar-refractivity contribution in [2.45, 2.75) is 19.4 Å². The molecule has 0 aromatic carbocycles. The lowest BCUT2D eigenvalue weighted by Crippen LogP contribution is -2.51. The zero-order valence-electron chi connectivity index (χ0n) is 11.2. The van der Waals surface area contributed by atoms with Gasteiger partial charge in [0.2, 0.25) is 0 Å². The molecule has 0 atom stereocenters. The van der Waals surface area contributed by atoms with Gasteiger partial charge in [-0.3, -0.25) is 4.79 Å². The second kappa shape index (κ2) is 6.01. The second-order valence-electron chi connectivity index (χ2n) is 4.74. The minimum Gasteiger partial charge on any atom is -0.394 e. The van der Waals surface area contributed by atoms with Crippen LogP contribution in [0.25, 0.3) is 9.88 Å². The van der Waals surface area contributed by atoms with E-state index >= 15 is 0 Å². The molecule has 2 rings (SSSR count). The van der Waals surface area contributed by atoms with E-state index in [4.69, 9.17) is 0 Å². The minimum atomic E-state index is -1.03. The number of thiophene rings is 1. The van der Waals surface area contributed by atoms with Crippen LogP contribution in [0, 0.1) is 6.92 Å². The maximum absolute atomic E-state index is 12.2. The lowest BCUT2D eigenvalue weighted by Gasteiger charge is -2.25. The number of aliphatic hydroxyl groups is 2. The van der Waals surface area contributed by atoms with Gasteiger partial charge in [-0.05, 0) is 25.3 Å². The molecule has 0 aliphatic rings. The van der Waals surface area contributed by atoms with Crippen molar-refractivity contribution < 1.29 is 15.0 Å². The Kier molecular flexibility index (Phi) is 4.54. The number of carbonyl (C=O) groups excluding carboxylic acids is 1. The number of nitrogens with zero attached hydrogens (tertiary/aromatic N) is 1. The molecule has 3 N–H and O–H groups in total. The number of aryl methyl sites for hydroxylation is 1. The summed E-state index contributed by atoms with van der Waals surface area (Å²) in [7, 11) is 0. The highest BCUT2D eigenvalue weighted by Gasteiger charge is 2.27. The molecule has 7 heteroatoms. The Morgan fingerprint density at radius 3 is 2.70 bits per heavy atom. The van der Waals surface area contributed by atoms with E-state index in [-0.39, 0.29) is 19.1 Å². The molecule has 0 aliphatic heterocycles.